The van der Waals surface area contributed by atoms with E-state index in [9.17, 15) is 0 Å². The largest absolute Gasteiger partial charge is 0.495 e. The Morgan fingerprint density at radius 3 is 2.46 bits per heavy atom. The van der Waals surface area contributed by atoms with E-state index in [1.807, 2.05) is 48.7 Å². The second kappa shape index (κ2) is 15.6. The van der Waals surface area contributed by atoms with Crippen molar-refractivity contribution in [3.8, 4) is 5.75 Å². The summed E-state index contributed by atoms with van der Waals surface area (Å²) in [6, 6.07) is 18.3. The summed E-state index contributed by atoms with van der Waals surface area (Å²) in [7, 11) is 3.83. The Hall–Kier alpha value is -2.07. The maximum Gasteiger partial charge on any atom is 0.166 e. The molecule has 212 valence electrons. The van der Waals surface area contributed by atoms with Crippen LogP contribution >= 0.6 is 60.6 Å². The van der Waals surface area contributed by atoms with Gasteiger partial charge in [-0.15, -0.1) is 37.2 Å². The first-order valence-electron chi connectivity index (χ1n) is 12.1. The fourth-order valence-electron chi connectivity index (χ4n) is 4.52. The fourth-order valence-corrected chi connectivity index (χ4v) is 5.76. The molecule has 0 unspecified atom stereocenters. The van der Waals surface area contributed by atoms with Gasteiger partial charge in [0, 0.05) is 58.3 Å². The van der Waals surface area contributed by atoms with Crippen LogP contribution in [0.4, 0.5) is 11.4 Å². The van der Waals surface area contributed by atoms with E-state index in [4.69, 9.17) is 16.3 Å². The molecule has 39 heavy (non-hydrogen) atoms. The maximum atomic E-state index is 6.81. The molecule has 2 aromatic carbocycles. The van der Waals surface area contributed by atoms with Crippen LogP contribution in [0.15, 0.2) is 66.0 Å². The molecule has 0 atom stereocenters. The highest BCUT2D eigenvalue weighted by atomic mass is 35.5. The summed E-state index contributed by atoms with van der Waals surface area (Å²) in [5.74, 6) is 1.60. The Morgan fingerprint density at radius 2 is 1.72 bits per heavy atom. The summed E-state index contributed by atoms with van der Waals surface area (Å²) >= 11 is 8.42. The number of nitrogens with zero attached hydrogens (tertiary/aromatic N) is 5. The van der Waals surface area contributed by atoms with Crippen molar-refractivity contribution in [2.75, 3.05) is 63.2 Å². The minimum atomic E-state index is 0. The lowest BCUT2D eigenvalue weighted by Gasteiger charge is -2.37. The van der Waals surface area contributed by atoms with Gasteiger partial charge in [-0.05, 0) is 30.3 Å². The number of pyridine rings is 1. The van der Waals surface area contributed by atoms with Crippen molar-refractivity contribution >= 4 is 83.0 Å². The molecule has 0 spiro atoms. The number of halogens is 4. The molecule has 5 rings (SSSR count). The number of likely N-dealkylation sites (N-methyl/N-ethyl adjacent to an activating group) is 1. The summed E-state index contributed by atoms with van der Waals surface area (Å²) in [5, 5.41) is 1.59. The lowest BCUT2D eigenvalue weighted by atomic mass is 10.2. The standard InChI is InChI=1S/C27H31ClN6OS.3ClH/c1-32(13-14-33-15-17-34(18-16-33)23-9-5-6-10-25(23)35-2)24-11-12-29-22(26(24)28)19-36-27-30-20-7-3-4-8-21(20)31-27;;;/h3-12H,13-19H2,1-2H3,(H,30,31);3*1H. The summed E-state index contributed by atoms with van der Waals surface area (Å²) in [4.78, 5) is 19.7. The Balaban J connectivity index is 0.00000178. The fraction of sp³-hybridized carbons (Fsp3) is 0.333. The van der Waals surface area contributed by atoms with Crippen molar-refractivity contribution in [1.29, 1.82) is 0 Å². The molecule has 1 aliphatic rings. The number of fused-ring (bicyclic) bond motifs is 1. The third kappa shape index (κ3) is 7.99. The average molecular weight is 632 g/mol. The number of piperazine rings is 1. The molecule has 0 bridgehead atoms. The van der Waals surface area contributed by atoms with Gasteiger partial charge < -0.3 is 19.5 Å². The van der Waals surface area contributed by atoms with Crippen LogP contribution < -0.4 is 14.5 Å². The van der Waals surface area contributed by atoms with Crippen molar-refractivity contribution in [1.82, 2.24) is 19.9 Å². The Bertz CT molecular complexity index is 1290. The van der Waals surface area contributed by atoms with E-state index in [2.05, 4.69) is 48.8 Å². The van der Waals surface area contributed by atoms with Crippen LogP contribution in [-0.2, 0) is 5.75 Å². The highest BCUT2D eigenvalue weighted by molar-refractivity contribution is 7.98. The molecular formula is C27H34Cl4N6OS. The van der Waals surface area contributed by atoms with Crippen molar-refractivity contribution in [2.24, 2.45) is 0 Å². The van der Waals surface area contributed by atoms with Gasteiger partial charge in [0.15, 0.2) is 5.16 Å². The number of hydrogen-bond acceptors (Lipinski definition) is 7. The van der Waals surface area contributed by atoms with E-state index in [1.165, 1.54) is 5.69 Å². The maximum absolute atomic E-state index is 6.81. The van der Waals surface area contributed by atoms with Crippen molar-refractivity contribution < 1.29 is 4.74 Å². The number of H-pyrrole nitrogens is 1. The molecule has 3 heterocycles. The number of ether oxygens (including phenoxy) is 1. The molecule has 1 saturated heterocycles. The van der Waals surface area contributed by atoms with Crippen LogP contribution in [0.5, 0.6) is 5.75 Å². The van der Waals surface area contributed by atoms with E-state index in [-0.39, 0.29) is 37.2 Å². The number of methoxy groups -OCH3 is 1. The van der Waals surface area contributed by atoms with Crippen LogP contribution in [0, 0.1) is 0 Å². The summed E-state index contributed by atoms with van der Waals surface area (Å²) in [6.45, 7) is 5.91. The number of rotatable bonds is 9. The van der Waals surface area contributed by atoms with Gasteiger partial charge in [-0.1, -0.05) is 47.6 Å². The van der Waals surface area contributed by atoms with E-state index < -0.39 is 0 Å². The van der Waals surface area contributed by atoms with Crippen LogP contribution in [0.3, 0.4) is 0 Å². The first-order chi connectivity index (χ1) is 17.6. The second-order valence-corrected chi connectivity index (χ2v) is 10.2. The number of thioether (sulfide) groups is 1. The van der Waals surface area contributed by atoms with Crippen LogP contribution in [-0.4, -0.2) is 73.3 Å². The third-order valence-electron chi connectivity index (χ3n) is 6.62. The van der Waals surface area contributed by atoms with Gasteiger partial charge in [0.25, 0.3) is 0 Å². The van der Waals surface area contributed by atoms with Crippen molar-refractivity contribution in [3.63, 3.8) is 0 Å². The highest BCUT2D eigenvalue weighted by Gasteiger charge is 2.20. The Morgan fingerprint density at radius 1 is 1.00 bits per heavy atom. The average Bonchev–Trinajstić information content (AvgIpc) is 3.34. The minimum Gasteiger partial charge on any atom is -0.495 e. The van der Waals surface area contributed by atoms with Gasteiger partial charge in [-0.25, -0.2) is 4.98 Å². The smallest absolute Gasteiger partial charge is 0.166 e. The van der Waals surface area contributed by atoms with E-state index in [1.54, 1.807) is 18.9 Å². The molecule has 1 aliphatic heterocycles. The molecule has 1 N–H and O–H groups in total. The molecule has 0 radical (unpaired) electrons. The minimum absolute atomic E-state index is 0. The predicted molar refractivity (Wildman–Crippen MR) is 172 cm³/mol. The van der Waals surface area contributed by atoms with Crippen LogP contribution in [0.1, 0.15) is 5.69 Å². The van der Waals surface area contributed by atoms with E-state index in [0.29, 0.717) is 10.8 Å². The van der Waals surface area contributed by atoms with Gasteiger partial charge in [0.2, 0.25) is 0 Å². The number of anilines is 2. The van der Waals surface area contributed by atoms with E-state index >= 15 is 0 Å². The second-order valence-electron chi connectivity index (χ2n) is 8.86. The topological polar surface area (TPSA) is 60.5 Å². The number of para-hydroxylation sites is 4. The monoisotopic (exact) mass is 630 g/mol. The zero-order valence-corrected chi connectivity index (χ0v) is 25.9. The number of aromatic nitrogens is 3. The van der Waals surface area contributed by atoms with Gasteiger partial charge in [-0.3, -0.25) is 9.88 Å². The van der Waals surface area contributed by atoms with Crippen LogP contribution in [0.25, 0.3) is 11.0 Å². The summed E-state index contributed by atoms with van der Waals surface area (Å²) < 4.78 is 5.54. The molecule has 0 aliphatic carbocycles. The number of benzene rings is 2. The number of hydrogen-bond donors (Lipinski definition) is 1. The molecule has 1 fully saturated rings. The molecule has 2 aromatic heterocycles. The first kappa shape index (κ1) is 33.1. The van der Waals surface area contributed by atoms with Gasteiger partial charge in [-0.2, -0.15) is 0 Å². The molecule has 7 nitrogen and oxygen atoms in total. The Labute approximate surface area is 257 Å². The van der Waals surface area contributed by atoms with Crippen molar-refractivity contribution in [2.45, 2.75) is 10.9 Å². The molecular weight excluding hydrogens is 598 g/mol. The predicted octanol–water partition coefficient (Wildman–Crippen LogP) is 6.44. The zero-order chi connectivity index (χ0) is 24.9. The Kier molecular flexibility index (Phi) is 13.3. The molecule has 4 aromatic rings. The number of aromatic amines is 1. The lowest BCUT2D eigenvalue weighted by molar-refractivity contribution is 0.263. The lowest BCUT2D eigenvalue weighted by Crippen LogP contribution is -2.48. The van der Waals surface area contributed by atoms with Gasteiger partial charge >= 0.3 is 0 Å². The van der Waals surface area contributed by atoms with E-state index in [0.717, 1.165) is 72.6 Å². The molecule has 0 saturated carbocycles. The van der Waals surface area contributed by atoms with Crippen LogP contribution in [0.2, 0.25) is 5.02 Å². The summed E-state index contributed by atoms with van der Waals surface area (Å²) in [6.07, 6.45) is 1.85. The number of nitrogens with one attached hydrogen (secondary N) is 1. The number of imidazole rings is 1. The van der Waals surface area contributed by atoms with Gasteiger partial charge in [0.05, 0.1) is 40.2 Å². The summed E-state index contributed by atoms with van der Waals surface area (Å²) in [5.41, 5.74) is 5.07. The van der Waals surface area contributed by atoms with Gasteiger partial charge in [0.1, 0.15) is 5.75 Å². The first-order valence-corrected chi connectivity index (χ1v) is 13.5. The molecule has 12 heteroatoms. The molecule has 0 amide bonds. The zero-order valence-electron chi connectivity index (χ0n) is 21.9. The highest BCUT2D eigenvalue weighted by Crippen LogP contribution is 2.32. The normalized spacial score (nSPS) is 13.3. The SMILES string of the molecule is COc1ccccc1N1CCN(CCN(C)c2ccnc(CSc3nc4ccccc4[nH]3)c2Cl)CC1.Cl.Cl.Cl. The quantitative estimate of drug-likeness (QED) is 0.213. The third-order valence-corrected chi connectivity index (χ3v) is 7.91. The van der Waals surface area contributed by atoms with Crippen molar-refractivity contribution in [3.05, 3.63) is 71.5 Å².